The van der Waals surface area contributed by atoms with Crippen LogP contribution in [0.1, 0.15) is 32.9 Å². The van der Waals surface area contributed by atoms with Gasteiger partial charge in [-0.3, -0.25) is 9.67 Å². The third kappa shape index (κ3) is 5.62. The van der Waals surface area contributed by atoms with Gasteiger partial charge in [0, 0.05) is 36.1 Å². The summed E-state index contributed by atoms with van der Waals surface area (Å²) in [6.07, 6.45) is 9.35. The van der Waals surface area contributed by atoms with Crippen LogP contribution in [-0.4, -0.2) is 31.4 Å². The highest BCUT2D eigenvalue weighted by atomic mass is 32.2. The fourth-order valence-electron chi connectivity index (χ4n) is 3.25. The minimum atomic E-state index is -2.01. The Kier molecular flexibility index (Phi) is 7.80. The van der Waals surface area contributed by atoms with Crippen LogP contribution in [0.2, 0.25) is 0 Å². The molecule has 0 amide bonds. The van der Waals surface area contributed by atoms with Crippen molar-refractivity contribution < 1.29 is 13.0 Å². The lowest BCUT2D eigenvalue weighted by Crippen LogP contribution is -2.18. The fraction of sp³-hybridized carbons (Fsp3) is 0.292. The highest BCUT2D eigenvalue weighted by Crippen LogP contribution is 2.34. The Bertz CT molecular complexity index is 1140. The molecule has 3 rings (SSSR count). The number of hydrogen-bond donors (Lipinski definition) is 0. The van der Waals surface area contributed by atoms with Crippen LogP contribution in [-0.2, 0) is 22.9 Å². The standard InChI is InChI=1S/C24H26F2N4OS/c1-4-30-17-20(18-11-14-27-15-12-18)23(28-30)24(2,3)13-7-8-19(16-25)29-32(31)22-10-6-5-9-21(22)26/h5-12,14-15,17H,4,13,16H2,1-3H3/b8-7-,29-19?. The number of alkyl halides is 1. The molecule has 0 spiro atoms. The summed E-state index contributed by atoms with van der Waals surface area (Å²) in [5.41, 5.74) is 2.60. The molecule has 0 bridgehead atoms. The Morgan fingerprint density at radius 2 is 1.94 bits per heavy atom. The Labute approximate surface area is 189 Å². The van der Waals surface area contributed by atoms with Crippen molar-refractivity contribution in [2.45, 2.75) is 44.0 Å². The van der Waals surface area contributed by atoms with E-state index in [9.17, 15) is 13.0 Å². The van der Waals surface area contributed by atoms with Crippen molar-refractivity contribution in [1.29, 1.82) is 0 Å². The summed E-state index contributed by atoms with van der Waals surface area (Å²) in [5.74, 6) is -0.631. The van der Waals surface area contributed by atoms with Gasteiger partial charge in [0.05, 0.1) is 16.3 Å². The van der Waals surface area contributed by atoms with Gasteiger partial charge in [-0.15, -0.1) is 0 Å². The number of allylic oxidation sites excluding steroid dienone is 2. The summed E-state index contributed by atoms with van der Waals surface area (Å²) < 4.78 is 45.4. The molecule has 0 aliphatic carbocycles. The predicted molar refractivity (Wildman–Crippen MR) is 124 cm³/mol. The summed E-state index contributed by atoms with van der Waals surface area (Å²) in [7, 11) is -2.01. The third-order valence-electron chi connectivity index (χ3n) is 5.02. The van der Waals surface area contributed by atoms with Gasteiger partial charge in [-0.05, 0) is 49.2 Å². The lowest BCUT2D eigenvalue weighted by molar-refractivity contribution is 0.500. The first-order valence-electron chi connectivity index (χ1n) is 10.3. The van der Waals surface area contributed by atoms with E-state index in [2.05, 4.69) is 23.2 Å². The Morgan fingerprint density at radius 1 is 1.22 bits per heavy atom. The molecule has 0 aliphatic heterocycles. The van der Waals surface area contributed by atoms with Gasteiger partial charge in [0.2, 0.25) is 0 Å². The molecule has 8 heteroatoms. The lowest BCUT2D eigenvalue weighted by Gasteiger charge is -2.22. The van der Waals surface area contributed by atoms with E-state index in [1.165, 1.54) is 24.3 Å². The summed E-state index contributed by atoms with van der Waals surface area (Å²) in [6, 6.07) is 9.53. The number of aryl methyl sites for hydroxylation is 1. The van der Waals surface area contributed by atoms with E-state index < -0.39 is 23.5 Å². The largest absolute Gasteiger partial charge is 0.272 e. The van der Waals surface area contributed by atoms with Crippen LogP contribution in [0.5, 0.6) is 0 Å². The quantitative estimate of drug-likeness (QED) is 0.402. The Morgan fingerprint density at radius 3 is 2.59 bits per heavy atom. The molecular weight excluding hydrogens is 430 g/mol. The number of nitrogens with zero attached hydrogens (tertiary/aromatic N) is 4. The topological polar surface area (TPSA) is 60.1 Å². The molecule has 0 saturated heterocycles. The maximum Gasteiger partial charge on any atom is 0.175 e. The molecule has 1 unspecified atom stereocenters. The van der Waals surface area contributed by atoms with Crippen molar-refractivity contribution in [2.75, 3.05) is 6.67 Å². The number of benzene rings is 1. The zero-order valence-electron chi connectivity index (χ0n) is 18.3. The van der Waals surface area contributed by atoms with Gasteiger partial charge in [-0.25, -0.2) is 13.0 Å². The van der Waals surface area contributed by atoms with Gasteiger partial charge in [-0.1, -0.05) is 32.1 Å². The van der Waals surface area contributed by atoms with E-state index in [4.69, 9.17) is 5.10 Å². The van der Waals surface area contributed by atoms with E-state index >= 15 is 0 Å². The van der Waals surface area contributed by atoms with Crippen molar-refractivity contribution in [1.82, 2.24) is 14.8 Å². The second kappa shape index (κ2) is 10.5. The molecule has 0 saturated carbocycles. The number of pyridine rings is 1. The molecular formula is C24H26F2N4OS. The minimum Gasteiger partial charge on any atom is -0.272 e. The predicted octanol–water partition coefficient (Wildman–Crippen LogP) is 5.46. The van der Waals surface area contributed by atoms with Crippen LogP contribution in [0.25, 0.3) is 11.1 Å². The van der Waals surface area contributed by atoms with Crippen molar-refractivity contribution in [3.05, 3.63) is 78.7 Å². The minimum absolute atomic E-state index is 0.00386. The van der Waals surface area contributed by atoms with Crippen LogP contribution >= 0.6 is 0 Å². The van der Waals surface area contributed by atoms with Crippen molar-refractivity contribution in [3.63, 3.8) is 0 Å². The third-order valence-corrected chi connectivity index (χ3v) is 6.13. The van der Waals surface area contributed by atoms with Gasteiger partial charge in [0.15, 0.2) is 11.0 Å². The summed E-state index contributed by atoms with van der Waals surface area (Å²) in [4.78, 5) is 4.01. The zero-order valence-corrected chi connectivity index (χ0v) is 19.1. The van der Waals surface area contributed by atoms with Crippen molar-refractivity contribution >= 4 is 16.7 Å². The van der Waals surface area contributed by atoms with Gasteiger partial charge < -0.3 is 0 Å². The molecule has 0 N–H and O–H groups in total. The van der Waals surface area contributed by atoms with E-state index in [-0.39, 0.29) is 16.0 Å². The first-order valence-corrected chi connectivity index (χ1v) is 11.4. The van der Waals surface area contributed by atoms with Crippen LogP contribution in [0, 0.1) is 5.82 Å². The first-order chi connectivity index (χ1) is 15.4. The molecule has 2 heterocycles. The number of rotatable bonds is 9. The monoisotopic (exact) mass is 456 g/mol. The maximum atomic E-state index is 13.8. The average Bonchev–Trinajstić information content (AvgIpc) is 3.25. The molecule has 2 aromatic heterocycles. The van der Waals surface area contributed by atoms with Crippen molar-refractivity contribution in [2.24, 2.45) is 4.40 Å². The van der Waals surface area contributed by atoms with E-state index in [1.807, 2.05) is 29.9 Å². The molecule has 0 radical (unpaired) electrons. The number of aromatic nitrogens is 3. The summed E-state index contributed by atoms with van der Waals surface area (Å²) >= 11 is 0. The van der Waals surface area contributed by atoms with Gasteiger partial charge >= 0.3 is 0 Å². The van der Waals surface area contributed by atoms with E-state index in [0.29, 0.717) is 6.42 Å². The molecule has 1 aromatic carbocycles. The Balaban J connectivity index is 1.82. The molecule has 168 valence electrons. The van der Waals surface area contributed by atoms with E-state index in [1.54, 1.807) is 24.5 Å². The lowest BCUT2D eigenvalue weighted by atomic mass is 9.82. The van der Waals surface area contributed by atoms with Crippen LogP contribution in [0.3, 0.4) is 0 Å². The maximum absolute atomic E-state index is 13.8. The average molecular weight is 457 g/mol. The molecule has 5 nitrogen and oxygen atoms in total. The zero-order chi connectivity index (χ0) is 23.1. The van der Waals surface area contributed by atoms with Crippen LogP contribution < -0.4 is 0 Å². The van der Waals surface area contributed by atoms with Crippen molar-refractivity contribution in [3.8, 4) is 11.1 Å². The normalized spacial score (nSPS) is 13.6. The molecule has 0 aliphatic rings. The molecule has 0 fully saturated rings. The number of hydrogen-bond acceptors (Lipinski definition) is 3. The SMILES string of the molecule is CCn1cc(-c2ccncc2)c(C(C)(C)C/C=C\C(CF)=NS(=O)c2ccccc2F)n1. The Hall–Kier alpha value is -3.00. The first kappa shape index (κ1) is 23.7. The number of halogens is 2. The summed E-state index contributed by atoms with van der Waals surface area (Å²) in [6.45, 7) is 6.00. The fourth-order valence-corrected chi connectivity index (χ4v) is 4.10. The molecule has 3 aromatic rings. The molecule has 1 atom stereocenters. The van der Waals surface area contributed by atoms with Gasteiger partial charge in [0.1, 0.15) is 12.5 Å². The van der Waals surface area contributed by atoms with E-state index in [0.717, 1.165) is 23.4 Å². The highest BCUT2D eigenvalue weighted by Gasteiger charge is 2.27. The second-order valence-electron chi connectivity index (χ2n) is 7.87. The highest BCUT2D eigenvalue weighted by molar-refractivity contribution is 7.84. The smallest absolute Gasteiger partial charge is 0.175 e. The van der Waals surface area contributed by atoms with Crippen LogP contribution in [0.4, 0.5) is 8.78 Å². The van der Waals surface area contributed by atoms with Gasteiger partial charge in [0.25, 0.3) is 0 Å². The summed E-state index contributed by atoms with van der Waals surface area (Å²) in [5, 5.41) is 4.76. The van der Waals surface area contributed by atoms with Gasteiger partial charge in [-0.2, -0.15) is 9.50 Å². The van der Waals surface area contributed by atoms with Crippen LogP contribution in [0.15, 0.2) is 76.4 Å². The second-order valence-corrected chi connectivity index (χ2v) is 8.99. The molecule has 32 heavy (non-hydrogen) atoms.